The molecule has 0 radical (unpaired) electrons. The Balaban J connectivity index is 2.31. The van der Waals surface area contributed by atoms with Gasteiger partial charge in [0.25, 0.3) is 0 Å². The van der Waals surface area contributed by atoms with Gasteiger partial charge in [-0.05, 0) is 12.1 Å². The fraction of sp³-hybridized carbons (Fsp3) is 0.417. The number of carbonyl (C=O) groups is 1. The zero-order valence-corrected chi connectivity index (χ0v) is 10.6. The molecule has 0 bridgehead atoms. The summed E-state index contributed by atoms with van der Waals surface area (Å²) in [5, 5.41) is 5.22. The van der Waals surface area contributed by atoms with Gasteiger partial charge < -0.3 is 24.8 Å². The predicted molar refractivity (Wildman–Crippen MR) is 67.8 cm³/mol. The summed E-state index contributed by atoms with van der Waals surface area (Å²) in [6.07, 6.45) is 0. The average Bonchev–Trinajstić information content (AvgIpc) is 2.39. The maximum Gasteiger partial charge on any atom is 0.321 e. The molecule has 1 rings (SSSR count). The SMILES string of the molecule is COCCOCNC(=O)Nc1ccccc1OC. The van der Waals surface area contributed by atoms with Crippen LogP contribution in [0.4, 0.5) is 10.5 Å². The van der Waals surface area contributed by atoms with Crippen LogP contribution in [-0.2, 0) is 9.47 Å². The highest BCUT2D eigenvalue weighted by Gasteiger charge is 2.05. The Morgan fingerprint density at radius 1 is 1.22 bits per heavy atom. The van der Waals surface area contributed by atoms with Crippen molar-refractivity contribution in [2.24, 2.45) is 0 Å². The van der Waals surface area contributed by atoms with Crippen molar-refractivity contribution in [3.8, 4) is 5.75 Å². The van der Waals surface area contributed by atoms with Crippen LogP contribution in [0.15, 0.2) is 24.3 Å². The Morgan fingerprint density at radius 3 is 2.72 bits per heavy atom. The zero-order valence-electron chi connectivity index (χ0n) is 10.6. The van der Waals surface area contributed by atoms with E-state index in [1.165, 1.54) is 0 Å². The first-order chi connectivity index (χ1) is 8.77. The second-order valence-corrected chi connectivity index (χ2v) is 3.38. The van der Waals surface area contributed by atoms with E-state index in [1.807, 2.05) is 12.1 Å². The molecule has 6 heteroatoms. The molecule has 1 aromatic carbocycles. The van der Waals surface area contributed by atoms with E-state index in [9.17, 15) is 4.79 Å². The summed E-state index contributed by atoms with van der Waals surface area (Å²) in [6, 6.07) is 6.81. The summed E-state index contributed by atoms with van der Waals surface area (Å²) < 4.78 is 15.0. The van der Waals surface area contributed by atoms with E-state index in [2.05, 4.69) is 10.6 Å². The molecule has 0 heterocycles. The number of anilines is 1. The predicted octanol–water partition coefficient (Wildman–Crippen LogP) is 1.44. The molecule has 0 saturated carbocycles. The summed E-state index contributed by atoms with van der Waals surface area (Å²) >= 11 is 0. The number of benzene rings is 1. The van der Waals surface area contributed by atoms with Crippen molar-refractivity contribution < 1.29 is 19.0 Å². The van der Waals surface area contributed by atoms with Crippen LogP contribution in [0.3, 0.4) is 0 Å². The minimum Gasteiger partial charge on any atom is -0.495 e. The molecule has 0 aromatic heterocycles. The third-order valence-electron chi connectivity index (χ3n) is 2.12. The van der Waals surface area contributed by atoms with Gasteiger partial charge in [0.05, 0.1) is 26.0 Å². The van der Waals surface area contributed by atoms with Gasteiger partial charge >= 0.3 is 6.03 Å². The highest BCUT2D eigenvalue weighted by atomic mass is 16.5. The molecule has 100 valence electrons. The number of nitrogens with one attached hydrogen (secondary N) is 2. The Labute approximate surface area is 106 Å². The van der Waals surface area contributed by atoms with Crippen LogP contribution in [0, 0.1) is 0 Å². The van der Waals surface area contributed by atoms with Crippen LogP contribution in [0.2, 0.25) is 0 Å². The summed E-state index contributed by atoms with van der Waals surface area (Å²) in [7, 11) is 3.14. The van der Waals surface area contributed by atoms with Crippen LogP contribution in [0.1, 0.15) is 0 Å². The molecule has 0 aliphatic rings. The fourth-order valence-electron chi connectivity index (χ4n) is 1.25. The van der Waals surface area contributed by atoms with Crippen molar-refractivity contribution in [2.75, 3.05) is 39.5 Å². The average molecular weight is 254 g/mol. The molecule has 0 aliphatic carbocycles. The first-order valence-corrected chi connectivity index (χ1v) is 5.52. The van der Waals surface area contributed by atoms with Crippen molar-refractivity contribution in [1.29, 1.82) is 0 Å². The molecule has 0 saturated heterocycles. The maximum atomic E-state index is 11.5. The molecule has 0 spiro atoms. The Kier molecular flexibility index (Phi) is 6.60. The molecule has 6 nitrogen and oxygen atoms in total. The molecule has 0 unspecified atom stereocenters. The minimum absolute atomic E-state index is 0.129. The number of hydrogen-bond donors (Lipinski definition) is 2. The number of para-hydroxylation sites is 2. The number of amides is 2. The molecule has 1 aromatic rings. The van der Waals surface area contributed by atoms with Crippen LogP contribution in [0.5, 0.6) is 5.75 Å². The van der Waals surface area contributed by atoms with Gasteiger partial charge in [-0.15, -0.1) is 0 Å². The van der Waals surface area contributed by atoms with Crippen LogP contribution in [-0.4, -0.2) is 40.2 Å². The number of methoxy groups -OCH3 is 2. The Morgan fingerprint density at radius 2 is 2.00 bits per heavy atom. The highest BCUT2D eigenvalue weighted by molar-refractivity contribution is 5.90. The van der Waals surface area contributed by atoms with Gasteiger partial charge in [0.1, 0.15) is 12.5 Å². The van der Waals surface area contributed by atoms with Crippen LogP contribution in [0.25, 0.3) is 0 Å². The van der Waals surface area contributed by atoms with Gasteiger partial charge in [-0.3, -0.25) is 0 Å². The number of urea groups is 1. The number of hydrogen-bond acceptors (Lipinski definition) is 4. The van der Waals surface area contributed by atoms with Crippen molar-refractivity contribution in [3.05, 3.63) is 24.3 Å². The van der Waals surface area contributed by atoms with Crippen molar-refractivity contribution in [2.45, 2.75) is 0 Å². The van der Waals surface area contributed by atoms with Crippen molar-refractivity contribution >= 4 is 11.7 Å². The third kappa shape index (κ3) is 5.03. The first-order valence-electron chi connectivity index (χ1n) is 5.52. The second-order valence-electron chi connectivity index (χ2n) is 3.38. The number of ether oxygens (including phenoxy) is 3. The van der Waals surface area contributed by atoms with E-state index in [-0.39, 0.29) is 12.8 Å². The van der Waals surface area contributed by atoms with E-state index < -0.39 is 0 Å². The number of rotatable bonds is 7. The first kappa shape index (κ1) is 14.3. The molecule has 18 heavy (non-hydrogen) atoms. The van der Waals surface area contributed by atoms with E-state index in [0.29, 0.717) is 24.7 Å². The lowest BCUT2D eigenvalue weighted by atomic mass is 10.3. The second kappa shape index (κ2) is 8.32. The Bertz CT molecular complexity index is 371. The molecular weight excluding hydrogens is 236 g/mol. The molecule has 2 amide bonds. The molecule has 0 fully saturated rings. The van der Waals surface area contributed by atoms with E-state index in [0.717, 1.165) is 0 Å². The van der Waals surface area contributed by atoms with Crippen molar-refractivity contribution in [1.82, 2.24) is 5.32 Å². The van der Waals surface area contributed by atoms with Crippen LogP contribution < -0.4 is 15.4 Å². The topological polar surface area (TPSA) is 68.8 Å². The van der Waals surface area contributed by atoms with E-state index in [1.54, 1.807) is 26.4 Å². The number of carbonyl (C=O) groups excluding carboxylic acids is 1. The summed E-state index contributed by atoms with van der Waals surface area (Å²) in [5.74, 6) is 0.605. The molecule has 0 aliphatic heterocycles. The third-order valence-corrected chi connectivity index (χ3v) is 2.12. The van der Waals surface area contributed by atoms with Crippen LogP contribution >= 0.6 is 0 Å². The lowest BCUT2D eigenvalue weighted by Crippen LogP contribution is -2.31. The molecule has 2 N–H and O–H groups in total. The Hall–Kier alpha value is -1.79. The van der Waals surface area contributed by atoms with Gasteiger partial charge in [0, 0.05) is 7.11 Å². The van der Waals surface area contributed by atoms with Gasteiger partial charge in [-0.2, -0.15) is 0 Å². The fourth-order valence-corrected chi connectivity index (χ4v) is 1.25. The molecular formula is C12H18N2O4. The lowest BCUT2D eigenvalue weighted by molar-refractivity contribution is 0.0650. The largest absolute Gasteiger partial charge is 0.495 e. The van der Waals surface area contributed by atoms with E-state index in [4.69, 9.17) is 14.2 Å². The summed E-state index contributed by atoms with van der Waals surface area (Å²) in [4.78, 5) is 11.5. The van der Waals surface area contributed by atoms with Gasteiger partial charge in [-0.25, -0.2) is 4.79 Å². The van der Waals surface area contributed by atoms with Crippen molar-refractivity contribution in [3.63, 3.8) is 0 Å². The highest BCUT2D eigenvalue weighted by Crippen LogP contribution is 2.22. The standard InChI is InChI=1S/C12H18N2O4/c1-16-7-8-18-9-13-12(15)14-10-5-3-4-6-11(10)17-2/h3-6H,7-9H2,1-2H3,(H2,13,14,15). The summed E-state index contributed by atoms with van der Waals surface area (Å²) in [5.41, 5.74) is 0.606. The van der Waals surface area contributed by atoms with Gasteiger partial charge in [0.15, 0.2) is 0 Å². The normalized spacial score (nSPS) is 9.89. The lowest BCUT2D eigenvalue weighted by Gasteiger charge is -2.11. The monoisotopic (exact) mass is 254 g/mol. The molecule has 0 atom stereocenters. The quantitative estimate of drug-likeness (QED) is 0.570. The van der Waals surface area contributed by atoms with E-state index >= 15 is 0 Å². The maximum absolute atomic E-state index is 11.5. The minimum atomic E-state index is -0.350. The van der Waals surface area contributed by atoms with Gasteiger partial charge in [0.2, 0.25) is 0 Å². The smallest absolute Gasteiger partial charge is 0.321 e. The van der Waals surface area contributed by atoms with Gasteiger partial charge in [-0.1, -0.05) is 12.1 Å². The summed E-state index contributed by atoms with van der Waals surface area (Å²) in [6.45, 7) is 1.06. The zero-order chi connectivity index (χ0) is 13.2.